The number of benzene rings is 1. The number of hydrogen-bond donors (Lipinski definition) is 0. The van der Waals surface area contributed by atoms with Crippen LogP contribution in [-0.4, -0.2) is 17.3 Å². The van der Waals surface area contributed by atoms with Gasteiger partial charge >= 0.3 is 0 Å². The maximum Gasteiger partial charge on any atom is 0.274 e. The molecule has 9 heteroatoms. The smallest absolute Gasteiger partial charge is 0.274 e. The first-order valence-corrected chi connectivity index (χ1v) is 8.62. The Labute approximate surface area is 148 Å². The lowest BCUT2D eigenvalue weighted by Crippen LogP contribution is -2.11. The number of nitrogens with zero attached hydrogens (tertiary/aromatic N) is 1. The van der Waals surface area contributed by atoms with Gasteiger partial charge in [0.1, 0.15) is 5.75 Å². The molecule has 0 fully saturated rings. The predicted octanol–water partition coefficient (Wildman–Crippen LogP) is 5.21. The number of rotatable bonds is 5. The molecule has 0 aliphatic heterocycles. The fourth-order valence-electron chi connectivity index (χ4n) is 1.49. The Morgan fingerprint density at radius 2 is 1.95 bits per heavy atom. The van der Waals surface area contributed by atoms with Crippen LogP contribution in [0.5, 0.6) is 5.75 Å². The summed E-state index contributed by atoms with van der Waals surface area (Å²) in [4.78, 5) is 22.3. The highest BCUT2D eigenvalue weighted by Crippen LogP contribution is 2.32. The molecule has 1 aromatic carbocycles. The highest BCUT2D eigenvalue weighted by Gasteiger charge is 2.15. The molecule has 0 saturated heterocycles. The Hall–Kier alpha value is -0.770. The Kier molecular flexibility index (Phi) is 5.53. The van der Waals surface area contributed by atoms with Crippen molar-refractivity contribution < 1.29 is 14.5 Å². The van der Waals surface area contributed by atoms with Gasteiger partial charge in [0.2, 0.25) is 5.78 Å². The van der Waals surface area contributed by atoms with Crippen molar-refractivity contribution in [2.24, 2.45) is 0 Å². The third-order valence-electron chi connectivity index (χ3n) is 2.39. The summed E-state index contributed by atoms with van der Waals surface area (Å²) in [5.41, 5.74) is 0.405. The molecule has 0 atom stereocenters. The molecule has 0 aliphatic carbocycles. The number of carbonyl (C=O) groups excluding carboxylic acids is 1. The molecule has 5 nitrogen and oxygen atoms in total. The van der Waals surface area contributed by atoms with Crippen LogP contribution in [0.1, 0.15) is 10.4 Å². The van der Waals surface area contributed by atoms with E-state index in [4.69, 9.17) is 4.74 Å². The molecule has 0 N–H and O–H groups in total. The fourth-order valence-corrected chi connectivity index (χ4v) is 4.81. The molecule has 0 saturated carbocycles. The van der Waals surface area contributed by atoms with E-state index in [-0.39, 0.29) is 23.8 Å². The van der Waals surface area contributed by atoms with Gasteiger partial charge in [0, 0.05) is 16.1 Å². The molecular weight excluding hydrogens is 494 g/mol. The van der Waals surface area contributed by atoms with E-state index < -0.39 is 4.92 Å². The van der Waals surface area contributed by atoms with Crippen molar-refractivity contribution in [3.63, 3.8) is 0 Å². The highest BCUT2D eigenvalue weighted by atomic mass is 79.9. The van der Waals surface area contributed by atoms with Crippen LogP contribution in [0.4, 0.5) is 5.69 Å². The topological polar surface area (TPSA) is 69.4 Å². The summed E-state index contributed by atoms with van der Waals surface area (Å²) in [6.07, 6.45) is 0. The quantitative estimate of drug-likeness (QED) is 0.322. The average Bonchev–Trinajstić information content (AvgIpc) is 2.74. The van der Waals surface area contributed by atoms with Gasteiger partial charge in [0.05, 0.1) is 18.6 Å². The van der Waals surface area contributed by atoms with Gasteiger partial charge in [-0.2, -0.15) is 0 Å². The van der Waals surface area contributed by atoms with Crippen LogP contribution >= 0.6 is 59.1 Å². The third kappa shape index (κ3) is 4.35. The van der Waals surface area contributed by atoms with E-state index in [0.717, 1.165) is 3.79 Å². The van der Waals surface area contributed by atoms with Crippen molar-refractivity contribution in [3.05, 3.63) is 52.0 Å². The van der Waals surface area contributed by atoms with Crippen LogP contribution < -0.4 is 4.74 Å². The van der Waals surface area contributed by atoms with E-state index in [0.29, 0.717) is 13.8 Å². The van der Waals surface area contributed by atoms with Crippen LogP contribution in [-0.2, 0) is 0 Å². The Balaban J connectivity index is 2.11. The van der Waals surface area contributed by atoms with E-state index in [1.54, 1.807) is 12.1 Å². The van der Waals surface area contributed by atoms with Crippen LogP contribution in [0.25, 0.3) is 0 Å². The molecule has 1 aromatic heterocycles. The molecule has 0 unspecified atom stereocenters. The monoisotopic (exact) mass is 497 g/mol. The summed E-state index contributed by atoms with van der Waals surface area (Å²) in [5, 5.41) is 10.8. The van der Waals surface area contributed by atoms with Crippen molar-refractivity contribution in [1.29, 1.82) is 0 Å². The molecule has 2 rings (SSSR count). The van der Waals surface area contributed by atoms with Gasteiger partial charge < -0.3 is 4.74 Å². The lowest BCUT2D eigenvalue weighted by molar-refractivity contribution is -0.385. The standard InChI is InChI=1S/C12H6Br3NO4S/c13-6-1-7(16(18)19)3-8(2-6)20-5-10(17)9-4-11(14)21-12(9)15/h1-4H,5H2. The minimum absolute atomic E-state index is 0.105. The zero-order valence-corrected chi connectivity index (χ0v) is 15.7. The molecule has 0 aliphatic rings. The number of nitro groups is 1. The summed E-state index contributed by atoms with van der Waals surface area (Å²) in [5.74, 6) is 0.0429. The van der Waals surface area contributed by atoms with Crippen molar-refractivity contribution in [3.8, 4) is 5.75 Å². The third-order valence-corrected chi connectivity index (χ3v) is 5.19. The fraction of sp³-hybridized carbons (Fsp3) is 0.0833. The molecule has 0 amide bonds. The lowest BCUT2D eigenvalue weighted by Gasteiger charge is -2.05. The van der Waals surface area contributed by atoms with Crippen molar-refractivity contribution in [2.45, 2.75) is 0 Å². The second kappa shape index (κ2) is 6.99. The van der Waals surface area contributed by atoms with Gasteiger partial charge in [0.15, 0.2) is 6.61 Å². The van der Waals surface area contributed by atoms with Gasteiger partial charge in [-0.3, -0.25) is 14.9 Å². The Bertz CT molecular complexity index is 717. The van der Waals surface area contributed by atoms with Crippen molar-refractivity contribution in [1.82, 2.24) is 0 Å². The number of carbonyl (C=O) groups is 1. The van der Waals surface area contributed by atoms with Gasteiger partial charge in [-0.15, -0.1) is 11.3 Å². The van der Waals surface area contributed by atoms with Gasteiger partial charge in [0.25, 0.3) is 5.69 Å². The Morgan fingerprint density at radius 3 is 2.52 bits per heavy atom. The number of halogens is 3. The number of thiophene rings is 1. The molecule has 21 heavy (non-hydrogen) atoms. The highest BCUT2D eigenvalue weighted by molar-refractivity contribution is 9.12. The molecule has 110 valence electrons. The number of non-ortho nitro benzene ring substituents is 1. The summed E-state index contributed by atoms with van der Waals surface area (Å²) in [6, 6.07) is 5.90. The predicted molar refractivity (Wildman–Crippen MR) is 90.3 cm³/mol. The van der Waals surface area contributed by atoms with E-state index in [1.165, 1.54) is 23.5 Å². The van der Waals surface area contributed by atoms with Gasteiger partial charge in [-0.05, 0) is 44.0 Å². The van der Waals surface area contributed by atoms with Gasteiger partial charge in [-0.1, -0.05) is 15.9 Å². The van der Waals surface area contributed by atoms with Crippen molar-refractivity contribution in [2.75, 3.05) is 6.61 Å². The summed E-state index contributed by atoms with van der Waals surface area (Å²) >= 11 is 11.2. The molecule has 1 heterocycles. The van der Waals surface area contributed by atoms with E-state index in [2.05, 4.69) is 47.8 Å². The first kappa shape index (κ1) is 16.6. The summed E-state index contributed by atoms with van der Waals surface area (Å²) in [6.45, 7) is -0.199. The number of ether oxygens (including phenoxy) is 1. The molecule has 2 aromatic rings. The van der Waals surface area contributed by atoms with Crippen LogP contribution in [0, 0.1) is 10.1 Å². The number of Topliss-reactive ketones (excluding diaryl/α,β-unsaturated/α-hetero) is 1. The second-order valence-corrected chi connectivity index (χ2v) is 8.52. The minimum atomic E-state index is -0.522. The number of hydrogen-bond acceptors (Lipinski definition) is 5. The summed E-state index contributed by atoms with van der Waals surface area (Å²) < 4.78 is 7.40. The van der Waals surface area contributed by atoms with E-state index >= 15 is 0 Å². The zero-order chi connectivity index (χ0) is 15.6. The maximum atomic E-state index is 12.0. The van der Waals surface area contributed by atoms with Crippen LogP contribution in [0.15, 0.2) is 36.3 Å². The van der Waals surface area contributed by atoms with Crippen molar-refractivity contribution >= 4 is 70.6 Å². The first-order chi connectivity index (χ1) is 9.86. The first-order valence-electron chi connectivity index (χ1n) is 5.42. The normalized spacial score (nSPS) is 10.4. The largest absolute Gasteiger partial charge is 0.485 e. The van der Waals surface area contributed by atoms with Crippen LogP contribution in [0.2, 0.25) is 0 Å². The maximum absolute atomic E-state index is 12.0. The minimum Gasteiger partial charge on any atom is -0.485 e. The SMILES string of the molecule is O=C(COc1cc(Br)cc([N+](=O)[O-])c1)c1cc(Br)sc1Br. The molecule has 0 spiro atoms. The Morgan fingerprint density at radius 1 is 1.24 bits per heavy atom. The average molecular weight is 500 g/mol. The lowest BCUT2D eigenvalue weighted by atomic mass is 10.2. The molecule has 0 radical (unpaired) electrons. The van der Waals surface area contributed by atoms with E-state index in [1.807, 2.05) is 0 Å². The van der Waals surface area contributed by atoms with Crippen LogP contribution in [0.3, 0.4) is 0 Å². The van der Waals surface area contributed by atoms with E-state index in [9.17, 15) is 14.9 Å². The number of nitro benzene ring substituents is 1. The molecule has 0 bridgehead atoms. The zero-order valence-electron chi connectivity index (χ0n) is 10.1. The van der Waals surface area contributed by atoms with Gasteiger partial charge in [-0.25, -0.2) is 0 Å². The number of ketones is 1. The second-order valence-electron chi connectivity index (χ2n) is 3.85. The summed E-state index contributed by atoms with van der Waals surface area (Å²) in [7, 11) is 0. The molecular formula is C12H6Br3NO4S.